The molecule has 6 heteroatoms. The summed E-state index contributed by atoms with van der Waals surface area (Å²) in [6, 6.07) is 9.78. The SMILES string of the molecule is CCc1ccnc(NC(=O)c2ccc(B(O)O)cc2)c1. The van der Waals surface area contributed by atoms with E-state index in [4.69, 9.17) is 10.0 Å². The van der Waals surface area contributed by atoms with Crippen molar-refractivity contribution in [2.45, 2.75) is 13.3 Å². The smallest absolute Gasteiger partial charge is 0.423 e. The standard InChI is InChI=1S/C14H15BN2O3/c1-2-10-7-8-16-13(9-10)17-14(18)11-3-5-12(6-4-11)15(19)20/h3-9,19-20H,2H2,1H3,(H,16,17,18). The van der Waals surface area contributed by atoms with Crippen LogP contribution in [0.15, 0.2) is 42.6 Å². The Hall–Kier alpha value is -2.18. The van der Waals surface area contributed by atoms with Crippen molar-refractivity contribution in [2.75, 3.05) is 5.32 Å². The first-order valence-electron chi connectivity index (χ1n) is 6.32. The number of anilines is 1. The second-order valence-electron chi connectivity index (χ2n) is 4.35. The minimum absolute atomic E-state index is 0.287. The van der Waals surface area contributed by atoms with Gasteiger partial charge in [0.15, 0.2) is 0 Å². The Labute approximate surface area is 117 Å². The first-order chi connectivity index (χ1) is 9.60. The molecule has 0 radical (unpaired) electrons. The van der Waals surface area contributed by atoms with Gasteiger partial charge in [-0.3, -0.25) is 4.79 Å². The molecule has 0 fully saturated rings. The molecule has 2 rings (SSSR count). The third-order valence-electron chi connectivity index (χ3n) is 2.95. The molecule has 102 valence electrons. The molecule has 0 saturated heterocycles. The Morgan fingerprint density at radius 1 is 1.25 bits per heavy atom. The molecule has 0 saturated carbocycles. The molecule has 1 heterocycles. The van der Waals surface area contributed by atoms with Crippen molar-refractivity contribution >= 4 is 24.3 Å². The highest BCUT2D eigenvalue weighted by Crippen LogP contribution is 2.09. The largest absolute Gasteiger partial charge is 0.488 e. The first-order valence-corrected chi connectivity index (χ1v) is 6.32. The van der Waals surface area contributed by atoms with Gasteiger partial charge in [0.2, 0.25) is 0 Å². The minimum atomic E-state index is -1.53. The highest BCUT2D eigenvalue weighted by molar-refractivity contribution is 6.58. The van der Waals surface area contributed by atoms with Crippen LogP contribution in [-0.2, 0) is 6.42 Å². The van der Waals surface area contributed by atoms with E-state index in [2.05, 4.69) is 10.3 Å². The number of amides is 1. The van der Waals surface area contributed by atoms with Gasteiger partial charge >= 0.3 is 7.12 Å². The van der Waals surface area contributed by atoms with Crippen molar-refractivity contribution in [3.63, 3.8) is 0 Å². The van der Waals surface area contributed by atoms with Crippen LogP contribution in [-0.4, -0.2) is 28.1 Å². The van der Waals surface area contributed by atoms with Gasteiger partial charge in [-0.05, 0) is 41.7 Å². The minimum Gasteiger partial charge on any atom is -0.423 e. The monoisotopic (exact) mass is 270 g/mol. The molecular weight excluding hydrogens is 255 g/mol. The van der Waals surface area contributed by atoms with Gasteiger partial charge < -0.3 is 15.4 Å². The summed E-state index contributed by atoms with van der Waals surface area (Å²) < 4.78 is 0. The average molecular weight is 270 g/mol. The maximum atomic E-state index is 12.0. The van der Waals surface area contributed by atoms with Crippen LogP contribution in [0.5, 0.6) is 0 Å². The third-order valence-corrected chi connectivity index (χ3v) is 2.95. The zero-order chi connectivity index (χ0) is 14.5. The predicted octanol–water partition coefficient (Wildman–Crippen LogP) is 0.576. The summed E-state index contributed by atoms with van der Waals surface area (Å²) in [6.45, 7) is 2.03. The lowest BCUT2D eigenvalue weighted by Crippen LogP contribution is -2.29. The molecule has 0 aliphatic carbocycles. The van der Waals surface area contributed by atoms with Gasteiger partial charge in [-0.1, -0.05) is 19.1 Å². The molecule has 1 aromatic carbocycles. The molecule has 0 unspecified atom stereocenters. The van der Waals surface area contributed by atoms with E-state index >= 15 is 0 Å². The summed E-state index contributed by atoms with van der Waals surface area (Å²) in [4.78, 5) is 16.1. The van der Waals surface area contributed by atoms with Crippen LogP contribution in [0, 0.1) is 0 Å². The van der Waals surface area contributed by atoms with Gasteiger partial charge in [0, 0.05) is 11.8 Å². The molecule has 5 nitrogen and oxygen atoms in total. The summed E-state index contributed by atoms with van der Waals surface area (Å²) in [6.07, 6.45) is 2.52. The van der Waals surface area contributed by atoms with Crippen molar-refractivity contribution < 1.29 is 14.8 Å². The van der Waals surface area contributed by atoms with E-state index in [-0.39, 0.29) is 5.91 Å². The number of aryl methyl sites for hydroxylation is 1. The summed E-state index contributed by atoms with van der Waals surface area (Å²) in [5.74, 6) is 0.213. The zero-order valence-electron chi connectivity index (χ0n) is 11.1. The van der Waals surface area contributed by atoms with Gasteiger partial charge in [0.25, 0.3) is 5.91 Å². The fraction of sp³-hybridized carbons (Fsp3) is 0.143. The molecule has 0 aliphatic heterocycles. The maximum absolute atomic E-state index is 12.0. The molecule has 20 heavy (non-hydrogen) atoms. The summed E-state index contributed by atoms with van der Waals surface area (Å²) in [5.41, 5.74) is 1.86. The lowest BCUT2D eigenvalue weighted by molar-refractivity contribution is 0.102. The molecule has 2 aromatic rings. The van der Waals surface area contributed by atoms with Crippen LogP contribution < -0.4 is 10.8 Å². The van der Waals surface area contributed by atoms with E-state index in [9.17, 15) is 4.79 Å². The third kappa shape index (κ3) is 3.43. The van der Waals surface area contributed by atoms with Crippen molar-refractivity contribution in [3.8, 4) is 0 Å². The predicted molar refractivity (Wildman–Crippen MR) is 77.8 cm³/mol. The lowest BCUT2D eigenvalue weighted by Gasteiger charge is -2.06. The summed E-state index contributed by atoms with van der Waals surface area (Å²) in [5, 5.41) is 20.7. The van der Waals surface area contributed by atoms with Crippen molar-refractivity contribution in [3.05, 3.63) is 53.7 Å². The first kappa shape index (κ1) is 14.2. The summed E-state index contributed by atoms with van der Waals surface area (Å²) >= 11 is 0. The number of pyridine rings is 1. The quantitative estimate of drug-likeness (QED) is 0.709. The normalized spacial score (nSPS) is 10.2. The van der Waals surface area contributed by atoms with Gasteiger partial charge in [-0.15, -0.1) is 0 Å². The Morgan fingerprint density at radius 2 is 1.95 bits per heavy atom. The number of carbonyl (C=O) groups excluding carboxylic acids is 1. The van der Waals surface area contributed by atoms with Crippen molar-refractivity contribution in [1.29, 1.82) is 0 Å². The van der Waals surface area contributed by atoms with E-state index in [1.165, 1.54) is 24.3 Å². The van der Waals surface area contributed by atoms with E-state index in [0.717, 1.165) is 12.0 Å². The molecule has 0 spiro atoms. The Morgan fingerprint density at radius 3 is 2.55 bits per heavy atom. The van der Waals surface area contributed by atoms with Crippen LogP contribution in [0.3, 0.4) is 0 Å². The highest BCUT2D eigenvalue weighted by atomic mass is 16.4. The van der Waals surface area contributed by atoms with Crippen LogP contribution in [0.2, 0.25) is 0 Å². The lowest BCUT2D eigenvalue weighted by atomic mass is 9.80. The molecular formula is C14H15BN2O3. The van der Waals surface area contributed by atoms with E-state index in [1.807, 2.05) is 19.1 Å². The highest BCUT2D eigenvalue weighted by Gasteiger charge is 2.12. The molecule has 1 aromatic heterocycles. The number of benzene rings is 1. The van der Waals surface area contributed by atoms with Gasteiger partial charge in [0.1, 0.15) is 5.82 Å². The fourth-order valence-electron chi connectivity index (χ4n) is 1.76. The number of hydrogen-bond acceptors (Lipinski definition) is 4. The molecule has 0 aliphatic rings. The fourth-order valence-corrected chi connectivity index (χ4v) is 1.76. The average Bonchev–Trinajstić information content (AvgIpc) is 2.47. The molecule has 1 amide bonds. The number of rotatable bonds is 4. The Balaban J connectivity index is 2.11. The molecule has 0 atom stereocenters. The second-order valence-corrected chi connectivity index (χ2v) is 4.35. The van der Waals surface area contributed by atoms with Gasteiger partial charge in [-0.25, -0.2) is 4.98 Å². The maximum Gasteiger partial charge on any atom is 0.488 e. The van der Waals surface area contributed by atoms with E-state index < -0.39 is 7.12 Å². The number of nitrogens with one attached hydrogen (secondary N) is 1. The number of carbonyl (C=O) groups is 1. The number of aromatic nitrogens is 1. The topological polar surface area (TPSA) is 82.5 Å². The van der Waals surface area contributed by atoms with Crippen LogP contribution >= 0.6 is 0 Å². The van der Waals surface area contributed by atoms with E-state index in [0.29, 0.717) is 16.8 Å². The van der Waals surface area contributed by atoms with Crippen LogP contribution in [0.4, 0.5) is 5.82 Å². The number of hydrogen-bond donors (Lipinski definition) is 3. The Bertz CT molecular complexity index is 600. The summed E-state index contributed by atoms with van der Waals surface area (Å²) in [7, 11) is -1.53. The Kier molecular flexibility index (Phi) is 4.50. The zero-order valence-corrected chi connectivity index (χ0v) is 11.1. The molecule has 3 N–H and O–H groups in total. The molecule has 0 bridgehead atoms. The van der Waals surface area contributed by atoms with Crippen LogP contribution in [0.25, 0.3) is 0 Å². The number of nitrogens with zero attached hydrogens (tertiary/aromatic N) is 1. The van der Waals surface area contributed by atoms with Crippen molar-refractivity contribution in [2.24, 2.45) is 0 Å². The van der Waals surface area contributed by atoms with Crippen LogP contribution in [0.1, 0.15) is 22.8 Å². The van der Waals surface area contributed by atoms with Gasteiger partial charge in [0.05, 0.1) is 0 Å². The van der Waals surface area contributed by atoms with Gasteiger partial charge in [-0.2, -0.15) is 0 Å². The van der Waals surface area contributed by atoms with E-state index in [1.54, 1.807) is 6.20 Å². The second kappa shape index (κ2) is 6.32. The van der Waals surface area contributed by atoms with Crippen molar-refractivity contribution in [1.82, 2.24) is 4.98 Å².